The van der Waals surface area contributed by atoms with E-state index in [1.807, 2.05) is 0 Å². The number of hydrogen-bond donors (Lipinski definition) is 0. The summed E-state index contributed by atoms with van der Waals surface area (Å²) in [4.78, 5) is 0. The third-order valence-electron chi connectivity index (χ3n) is 0.780. The van der Waals surface area contributed by atoms with Crippen LogP contribution in [0.15, 0.2) is 0 Å². The van der Waals surface area contributed by atoms with Gasteiger partial charge in [0, 0.05) is 0 Å². The molecule has 0 atom stereocenters. The Kier molecular flexibility index (Phi) is 10.2. The van der Waals surface area contributed by atoms with Gasteiger partial charge in [-0.05, 0) is 0 Å². The van der Waals surface area contributed by atoms with Gasteiger partial charge in [-0.25, -0.2) is 0 Å². The molecule has 9 heavy (non-hydrogen) atoms. The van der Waals surface area contributed by atoms with Gasteiger partial charge in [0.25, 0.3) is 0 Å². The molecule has 0 heterocycles. The molecule has 2 nitrogen and oxygen atoms in total. The summed E-state index contributed by atoms with van der Waals surface area (Å²) in [5.74, 6) is 0. The van der Waals surface area contributed by atoms with E-state index in [2.05, 4.69) is 13.8 Å². The van der Waals surface area contributed by atoms with Crippen LogP contribution < -0.4 is 0 Å². The summed E-state index contributed by atoms with van der Waals surface area (Å²) in [6.45, 7) is 6.04. The van der Waals surface area contributed by atoms with Gasteiger partial charge >= 0.3 is 76.3 Å². The summed E-state index contributed by atoms with van der Waals surface area (Å²) in [6.07, 6.45) is 2.23. The van der Waals surface area contributed by atoms with Gasteiger partial charge in [-0.1, -0.05) is 0 Å². The van der Waals surface area contributed by atoms with Crippen LogP contribution in [-0.2, 0) is 3.41 Å². The number of rotatable bonds is 6. The van der Waals surface area contributed by atoms with Crippen molar-refractivity contribution < 1.29 is 36.4 Å². The molecule has 0 unspecified atom stereocenters. The van der Waals surface area contributed by atoms with E-state index in [1.54, 1.807) is 0 Å². The van der Waals surface area contributed by atoms with Crippen molar-refractivity contribution in [3.63, 3.8) is 0 Å². The van der Waals surface area contributed by atoms with Crippen LogP contribution in [0.5, 0.6) is 0 Å². The molecule has 0 saturated carbocycles. The van der Waals surface area contributed by atoms with Crippen LogP contribution in [0, 0.1) is 32.9 Å². The Balaban J connectivity index is 2.60. The van der Waals surface area contributed by atoms with Crippen molar-refractivity contribution in [1.29, 1.82) is 0 Å². The van der Waals surface area contributed by atoms with Crippen molar-refractivity contribution in [3.05, 3.63) is 0 Å². The van der Waals surface area contributed by atoms with Gasteiger partial charge in [0.2, 0.25) is 0 Å². The molecule has 0 N–H and O–H groups in total. The molecule has 53 valence electrons. The maximum absolute atomic E-state index is 5.27. The van der Waals surface area contributed by atoms with Crippen LogP contribution >= 0.6 is 0 Å². The Hall–Kier alpha value is 1.11. The van der Waals surface area contributed by atoms with E-state index >= 15 is 0 Å². The van der Waals surface area contributed by atoms with Gasteiger partial charge in [0.05, 0.1) is 0 Å². The summed E-state index contributed by atoms with van der Waals surface area (Å²) in [5.41, 5.74) is 0. The molecule has 0 bridgehead atoms. The molecule has 0 spiro atoms. The van der Waals surface area contributed by atoms with E-state index in [4.69, 9.17) is 3.41 Å². The first-order valence-electron chi connectivity index (χ1n) is 3.46. The average Bonchev–Trinajstić information content (AvgIpc) is 1.89. The van der Waals surface area contributed by atoms with Crippen LogP contribution in [0.2, 0.25) is 0 Å². The van der Waals surface area contributed by atoms with Gasteiger partial charge in [0.15, 0.2) is 0 Å². The average molecular weight is 257 g/mol. The fourth-order valence-electron chi connectivity index (χ4n) is 0.380. The minimum atomic E-state index is -1.15. The monoisotopic (exact) mass is 257 g/mol. The summed E-state index contributed by atoms with van der Waals surface area (Å²) in [7, 11) is 0. The Morgan fingerprint density at radius 1 is 1.00 bits per heavy atom. The molecule has 0 aliphatic rings. The molecule has 3 heteroatoms. The standard InChI is InChI=1S/2C3H7O.La/c2*1-2-3-4;/h2*2-3H2,1H3;/q2*-1;+2. The zero-order valence-electron chi connectivity index (χ0n) is 6.22. The molecule has 0 saturated heterocycles. The third-order valence-corrected chi connectivity index (χ3v) is 3.11. The third kappa shape index (κ3) is 9.11. The van der Waals surface area contributed by atoms with E-state index in [-0.39, 0.29) is 0 Å². The molecule has 0 radical (unpaired) electrons. The summed E-state index contributed by atoms with van der Waals surface area (Å²) in [6, 6.07) is 0. The SMILES string of the molecule is CCC[O][La][O]CCC. The van der Waals surface area contributed by atoms with E-state index in [0.717, 1.165) is 26.1 Å². The van der Waals surface area contributed by atoms with Gasteiger partial charge in [0.1, 0.15) is 0 Å². The van der Waals surface area contributed by atoms with Crippen LogP contribution in [0.1, 0.15) is 26.7 Å². The molecular weight excluding hydrogens is 243 g/mol. The zero-order chi connectivity index (χ0) is 6.95. The van der Waals surface area contributed by atoms with Crippen molar-refractivity contribution in [2.45, 2.75) is 26.7 Å². The van der Waals surface area contributed by atoms with E-state index < -0.39 is 32.9 Å². The first kappa shape index (κ1) is 10.1. The van der Waals surface area contributed by atoms with Gasteiger partial charge in [-0.2, -0.15) is 0 Å². The zero-order valence-corrected chi connectivity index (χ0v) is 9.85. The van der Waals surface area contributed by atoms with Crippen molar-refractivity contribution in [1.82, 2.24) is 0 Å². The Morgan fingerprint density at radius 3 is 1.78 bits per heavy atom. The van der Waals surface area contributed by atoms with Crippen molar-refractivity contribution in [3.8, 4) is 0 Å². The van der Waals surface area contributed by atoms with E-state index in [0.29, 0.717) is 0 Å². The summed E-state index contributed by atoms with van der Waals surface area (Å²) in [5, 5.41) is 0. The maximum atomic E-state index is 5.27. The normalized spacial score (nSPS) is 9.11. The first-order valence-corrected chi connectivity index (χ1v) is 6.42. The molecule has 0 aromatic carbocycles. The molecule has 0 aliphatic carbocycles. The van der Waals surface area contributed by atoms with Crippen molar-refractivity contribution in [2.24, 2.45) is 0 Å². The molecule has 0 aliphatic heterocycles. The summed E-state index contributed by atoms with van der Waals surface area (Å²) < 4.78 is 10.5. The topological polar surface area (TPSA) is 18.5 Å². The molecule has 0 rings (SSSR count). The molecule has 0 aromatic heterocycles. The van der Waals surface area contributed by atoms with Gasteiger partial charge < -0.3 is 0 Å². The predicted molar refractivity (Wildman–Crippen MR) is 32.5 cm³/mol. The second-order valence-corrected chi connectivity index (χ2v) is 4.54. The fourth-order valence-corrected chi connectivity index (χ4v) is 2.77. The Morgan fingerprint density at radius 2 is 1.44 bits per heavy atom. The molecule has 0 amide bonds. The van der Waals surface area contributed by atoms with Crippen molar-refractivity contribution >= 4 is 0 Å². The number of hydrogen-bond acceptors (Lipinski definition) is 2. The first-order chi connectivity index (χ1) is 4.41. The summed E-state index contributed by atoms with van der Waals surface area (Å²) >= 11 is -1.15. The predicted octanol–water partition coefficient (Wildman–Crippen LogP) is 1.75. The molecule has 0 fully saturated rings. The van der Waals surface area contributed by atoms with Gasteiger partial charge in [-0.3, -0.25) is 0 Å². The van der Waals surface area contributed by atoms with Crippen LogP contribution in [-0.4, -0.2) is 13.2 Å². The molecule has 0 aromatic rings. The van der Waals surface area contributed by atoms with Crippen LogP contribution in [0.25, 0.3) is 0 Å². The van der Waals surface area contributed by atoms with E-state index in [9.17, 15) is 0 Å². The second kappa shape index (κ2) is 9.11. The van der Waals surface area contributed by atoms with Gasteiger partial charge in [-0.15, -0.1) is 0 Å². The second-order valence-electron chi connectivity index (χ2n) is 1.84. The Labute approximate surface area is 75.8 Å². The minimum absolute atomic E-state index is 0.902. The van der Waals surface area contributed by atoms with E-state index in [1.165, 1.54) is 0 Å². The fraction of sp³-hybridized carbons (Fsp3) is 1.00. The van der Waals surface area contributed by atoms with Crippen LogP contribution in [0.4, 0.5) is 0 Å². The van der Waals surface area contributed by atoms with Crippen molar-refractivity contribution in [2.75, 3.05) is 13.2 Å². The molecular formula is C6H14LaO2. The van der Waals surface area contributed by atoms with Crippen LogP contribution in [0.3, 0.4) is 0 Å². The quantitative estimate of drug-likeness (QED) is 0.675. The Bertz CT molecular complexity index is 44.3.